The van der Waals surface area contributed by atoms with Gasteiger partial charge < -0.3 is 15.4 Å². The number of alkyl halides is 3. The van der Waals surface area contributed by atoms with E-state index in [9.17, 15) is 27.6 Å². The number of pyridine rings is 2. The Morgan fingerprint density at radius 2 is 2.05 bits per heavy atom. The number of nitrogens with one attached hydrogen (secondary N) is 2. The number of likely N-dealkylation sites (tertiary alicyclic amines) is 1. The summed E-state index contributed by atoms with van der Waals surface area (Å²) >= 11 is 7.66. The zero-order chi connectivity index (χ0) is 29.5. The summed E-state index contributed by atoms with van der Waals surface area (Å²) in [4.78, 5) is 48.6. The monoisotopic (exact) mass is 607 g/mol. The molecule has 5 heterocycles. The Morgan fingerprint density at radius 1 is 1.29 bits per heavy atom. The number of rotatable bonds is 6. The van der Waals surface area contributed by atoms with E-state index in [1.165, 1.54) is 25.2 Å². The van der Waals surface area contributed by atoms with Gasteiger partial charge in [-0.2, -0.15) is 13.2 Å². The van der Waals surface area contributed by atoms with E-state index in [0.29, 0.717) is 15.5 Å². The van der Waals surface area contributed by atoms with Crippen LogP contribution in [0.15, 0.2) is 24.4 Å². The fourth-order valence-electron chi connectivity index (χ4n) is 6.09. The number of esters is 1. The SMILES string of the molecule is Cc1nc(Cl)cc(-c2ccnc3cc(CN4C(=O)C5C(C)(C)C5(OC(=O)C(F)(F)F)C4=O)sc23)c1NC1CCNC1. The van der Waals surface area contributed by atoms with Gasteiger partial charge in [-0.1, -0.05) is 25.4 Å². The van der Waals surface area contributed by atoms with E-state index in [2.05, 4.69) is 20.6 Å². The van der Waals surface area contributed by atoms with Crippen LogP contribution in [-0.2, 0) is 25.7 Å². The van der Waals surface area contributed by atoms with Gasteiger partial charge in [-0.3, -0.25) is 19.5 Å². The van der Waals surface area contributed by atoms with Crippen molar-refractivity contribution in [2.24, 2.45) is 11.3 Å². The third-order valence-corrected chi connectivity index (χ3v) is 9.54. The molecule has 1 aliphatic carbocycles. The largest absolute Gasteiger partial charge is 0.490 e. The first-order valence-corrected chi connectivity index (χ1v) is 14.1. The van der Waals surface area contributed by atoms with E-state index in [1.54, 1.807) is 18.3 Å². The topological polar surface area (TPSA) is 114 Å². The summed E-state index contributed by atoms with van der Waals surface area (Å²) in [6.45, 7) is 6.29. The quantitative estimate of drug-likeness (QED) is 0.240. The third-order valence-electron chi connectivity index (χ3n) is 8.21. The van der Waals surface area contributed by atoms with Gasteiger partial charge >= 0.3 is 12.1 Å². The van der Waals surface area contributed by atoms with Gasteiger partial charge in [-0.05, 0) is 38.1 Å². The molecule has 2 N–H and O–H groups in total. The molecule has 0 aromatic carbocycles. The predicted molar refractivity (Wildman–Crippen MR) is 145 cm³/mol. The van der Waals surface area contributed by atoms with Crippen molar-refractivity contribution in [2.75, 3.05) is 18.4 Å². The summed E-state index contributed by atoms with van der Waals surface area (Å²) in [5, 5.41) is 7.23. The molecule has 2 aliphatic heterocycles. The minimum absolute atomic E-state index is 0.189. The summed E-state index contributed by atoms with van der Waals surface area (Å²) in [5.41, 5.74) is 0.419. The van der Waals surface area contributed by atoms with E-state index in [1.807, 2.05) is 13.0 Å². The number of thiophene rings is 1. The first-order chi connectivity index (χ1) is 19.3. The standard InChI is InChI=1S/C27H25ClF3N5O4S/c1-12-19(35-13-4-6-32-10-13)16(9-18(28)34-12)15-5-7-33-17-8-14(41-20(15)17)11-36-22(37)21-25(2,3)26(21,23(36)38)40-24(39)27(29,30)31/h5,7-9,13,21,32,35H,4,6,10-11H2,1-3H3. The highest BCUT2D eigenvalue weighted by molar-refractivity contribution is 7.19. The number of anilines is 1. The first-order valence-electron chi connectivity index (χ1n) is 12.9. The normalized spacial score (nSPS) is 25.1. The minimum atomic E-state index is -5.29. The van der Waals surface area contributed by atoms with E-state index in [-0.39, 0.29) is 12.6 Å². The Kier molecular flexibility index (Phi) is 6.36. The molecule has 3 atom stereocenters. The molecule has 216 valence electrons. The number of ether oxygens (including phenoxy) is 1. The molecule has 0 spiro atoms. The number of imide groups is 1. The number of hydrogen-bond acceptors (Lipinski definition) is 9. The maximum atomic E-state index is 13.4. The third kappa shape index (κ3) is 4.28. The average Bonchev–Trinajstić information content (AvgIpc) is 3.38. The van der Waals surface area contributed by atoms with E-state index in [0.717, 1.165) is 51.6 Å². The number of piperidine rings is 1. The van der Waals surface area contributed by atoms with Crippen LogP contribution in [0.2, 0.25) is 5.15 Å². The summed E-state index contributed by atoms with van der Waals surface area (Å²) in [7, 11) is 0. The zero-order valence-corrected chi connectivity index (χ0v) is 23.8. The van der Waals surface area contributed by atoms with Gasteiger partial charge in [0.2, 0.25) is 11.5 Å². The summed E-state index contributed by atoms with van der Waals surface area (Å²) in [5.74, 6) is -5.30. The average molecular weight is 608 g/mol. The molecule has 0 bridgehead atoms. The maximum absolute atomic E-state index is 13.4. The molecule has 6 rings (SSSR count). The fourth-order valence-corrected chi connectivity index (χ4v) is 7.46. The number of carbonyl (C=O) groups excluding carboxylic acids is 3. The highest BCUT2D eigenvalue weighted by Crippen LogP contribution is 2.69. The van der Waals surface area contributed by atoms with Gasteiger partial charge in [0.1, 0.15) is 5.15 Å². The maximum Gasteiger partial charge on any atom is 0.490 e. The van der Waals surface area contributed by atoms with E-state index < -0.39 is 40.9 Å². The Bertz CT molecular complexity index is 1620. The lowest BCUT2D eigenvalue weighted by Crippen LogP contribution is -2.45. The molecule has 9 nitrogen and oxygen atoms in total. The van der Waals surface area contributed by atoms with Gasteiger partial charge in [-0.25, -0.2) is 9.78 Å². The summed E-state index contributed by atoms with van der Waals surface area (Å²) < 4.78 is 44.5. The summed E-state index contributed by atoms with van der Waals surface area (Å²) in [6, 6.07) is 5.57. The van der Waals surface area contributed by atoms with Crippen LogP contribution in [-0.4, -0.2) is 63.6 Å². The number of hydrogen-bond donors (Lipinski definition) is 2. The number of halogens is 4. The molecular weight excluding hydrogens is 583 g/mol. The zero-order valence-electron chi connectivity index (χ0n) is 22.2. The van der Waals surface area contributed by atoms with Crippen LogP contribution in [0, 0.1) is 18.3 Å². The highest BCUT2D eigenvalue weighted by atomic mass is 35.5. The molecule has 14 heteroatoms. The molecule has 3 aromatic heterocycles. The van der Waals surface area contributed by atoms with Gasteiger partial charge in [0.25, 0.3) is 5.91 Å². The molecule has 3 fully saturated rings. The first kappa shape index (κ1) is 27.9. The fraction of sp³-hybridized carbons (Fsp3) is 0.444. The van der Waals surface area contributed by atoms with Crippen LogP contribution in [0.3, 0.4) is 0 Å². The van der Waals surface area contributed by atoms with Crippen LogP contribution in [0.1, 0.15) is 30.8 Å². The molecule has 2 saturated heterocycles. The molecule has 3 unspecified atom stereocenters. The second-order valence-corrected chi connectivity index (χ2v) is 12.6. The number of fused-ring (bicyclic) bond motifs is 2. The molecule has 3 aliphatic rings. The Balaban J connectivity index is 1.33. The van der Waals surface area contributed by atoms with Crippen molar-refractivity contribution in [3.05, 3.63) is 40.1 Å². The number of carbonyl (C=O) groups is 3. The highest BCUT2D eigenvalue weighted by Gasteiger charge is 2.88. The lowest BCUT2D eigenvalue weighted by atomic mass is 10.0. The number of aromatic nitrogens is 2. The summed E-state index contributed by atoms with van der Waals surface area (Å²) in [6.07, 6.45) is -2.70. The Hall–Kier alpha value is -3.29. The van der Waals surface area contributed by atoms with E-state index in [4.69, 9.17) is 16.3 Å². The van der Waals surface area contributed by atoms with Crippen LogP contribution in [0.25, 0.3) is 21.3 Å². The predicted octanol–water partition coefficient (Wildman–Crippen LogP) is 4.46. The molecule has 0 radical (unpaired) electrons. The lowest BCUT2D eigenvalue weighted by molar-refractivity contribution is -0.209. The van der Waals surface area contributed by atoms with Crippen molar-refractivity contribution in [1.82, 2.24) is 20.2 Å². The minimum Gasteiger partial charge on any atom is -0.441 e. The number of amides is 2. The Morgan fingerprint density at radius 3 is 2.73 bits per heavy atom. The van der Waals surface area contributed by atoms with Gasteiger partial charge in [0.15, 0.2) is 0 Å². The van der Waals surface area contributed by atoms with Gasteiger partial charge in [-0.15, -0.1) is 11.3 Å². The Labute approximate surface area is 241 Å². The van der Waals surface area contributed by atoms with Crippen molar-refractivity contribution < 1.29 is 32.3 Å². The molecule has 41 heavy (non-hydrogen) atoms. The van der Waals surface area contributed by atoms with E-state index >= 15 is 0 Å². The van der Waals surface area contributed by atoms with Crippen LogP contribution in [0.5, 0.6) is 0 Å². The van der Waals surface area contributed by atoms with Crippen molar-refractivity contribution in [3.63, 3.8) is 0 Å². The van der Waals surface area contributed by atoms with Crippen LogP contribution >= 0.6 is 22.9 Å². The second kappa shape index (κ2) is 9.36. The van der Waals surface area contributed by atoms with Crippen LogP contribution < -0.4 is 10.6 Å². The second-order valence-electron chi connectivity index (χ2n) is 11.1. The molecular formula is C27H25ClF3N5O4S. The van der Waals surface area contributed by atoms with Crippen molar-refractivity contribution in [3.8, 4) is 11.1 Å². The van der Waals surface area contributed by atoms with Crippen LogP contribution in [0.4, 0.5) is 18.9 Å². The smallest absolute Gasteiger partial charge is 0.441 e. The number of nitrogens with zero attached hydrogens (tertiary/aromatic N) is 3. The van der Waals surface area contributed by atoms with Crippen molar-refractivity contribution in [2.45, 2.75) is 51.6 Å². The van der Waals surface area contributed by atoms with Gasteiger partial charge in [0.05, 0.1) is 34.1 Å². The van der Waals surface area contributed by atoms with Crippen molar-refractivity contribution in [1.29, 1.82) is 0 Å². The van der Waals surface area contributed by atoms with Crippen molar-refractivity contribution >= 4 is 56.6 Å². The molecule has 3 aromatic rings. The molecule has 1 saturated carbocycles. The lowest BCUT2D eigenvalue weighted by Gasteiger charge is -2.24. The molecule has 2 amide bonds. The number of aryl methyl sites for hydroxylation is 1. The van der Waals surface area contributed by atoms with Gasteiger partial charge in [0, 0.05) is 40.2 Å².